The van der Waals surface area contributed by atoms with Crippen molar-refractivity contribution in [1.82, 2.24) is 9.47 Å². The zero-order chi connectivity index (χ0) is 19.7. The molecule has 0 radical (unpaired) electrons. The number of carbonyl (C=O) groups is 1. The predicted octanol–water partition coefficient (Wildman–Crippen LogP) is 3.21. The highest BCUT2D eigenvalue weighted by molar-refractivity contribution is 5.83. The van der Waals surface area contributed by atoms with Crippen LogP contribution in [0.4, 0.5) is 4.39 Å². The molecule has 1 N–H and O–H groups in total. The molecule has 2 atom stereocenters. The van der Waals surface area contributed by atoms with Crippen LogP contribution in [-0.2, 0) is 11.3 Å². The number of amides is 1. The summed E-state index contributed by atoms with van der Waals surface area (Å²) in [7, 11) is 0. The van der Waals surface area contributed by atoms with Gasteiger partial charge < -0.3 is 19.3 Å². The van der Waals surface area contributed by atoms with Gasteiger partial charge in [0.1, 0.15) is 29.8 Å². The fourth-order valence-electron chi connectivity index (χ4n) is 3.75. The first-order valence-electron chi connectivity index (χ1n) is 9.39. The van der Waals surface area contributed by atoms with Crippen LogP contribution >= 0.6 is 0 Å². The molecule has 3 aromatic rings. The first kappa shape index (κ1) is 18.5. The molecule has 5 nitrogen and oxygen atoms in total. The molecule has 1 aliphatic rings. The van der Waals surface area contributed by atoms with E-state index in [4.69, 9.17) is 4.74 Å². The number of likely N-dealkylation sites (tertiary alicyclic amines) is 1. The number of piperidine rings is 1. The SMILES string of the molecule is C[C@]1(O)CN(C(=O)Cn2ccc3ccc(F)cc32)CC[C@@H]1Oc1ccccc1. The summed E-state index contributed by atoms with van der Waals surface area (Å²) < 4.78 is 21.2. The third-order valence-electron chi connectivity index (χ3n) is 5.28. The summed E-state index contributed by atoms with van der Waals surface area (Å²) >= 11 is 0. The van der Waals surface area contributed by atoms with Crippen LogP contribution in [0, 0.1) is 5.82 Å². The van der Waals surface area contributed by atoms with Crippen LogP contribution in [0.15, 0.2) is 60.8 Å². The number of aliphatic hydroxyl groups is 1. The standard InChI is InChI=1S/C22H23FN2O3/c1-22(27)15-25(12-10-20(22)28-18-5-3-2-4-6-18)21(26)14-24-11-9-16-7-8-17(23)13-19(16)24/h2-9,11,13,20,27H,10,12,14-15H2,1H3/t20-,22-/m0/s1. The van der Waals surface area contributed by atoms with Gasteiger partial charge in [0.15, 0.2) is 0 Å². The molecule has 1 saturated heterocycles. The molecule has 0 aliphatic carbocycles. The van der Waals surface area contributed by atoms with Gasteiger partial charge in [-0.25, -0.2) is 4.39 Å². The molecule has 1 aliphatic heterocycles. The maximum Gasteiger partial charge on any atom is 0.242 e. The molecule has 2 heterocycles. The number of ether oxygens (including phenoxy) is 1. The number of hydrogen-bond acceptors (Lipinski definition) is 3. The summed E-state index contributed by atoms with van der Waals surface area (Å²) in [5.74, 6) is 0.260. The van der Waals surface area contributed by atoms with E-state index in [0.717, 1.165) is 5.39 Å². The Labute approximate surface area is 162 Å². The molecule has 28 heavy (non-hydrogen) atoms. The smallest absolute Gasteiger partial charge is 0.242 e. The Morgan fingerprint density at radius 3 is 2.79 bits per heavy atom. The predicted molar refractivity (Wildman–Crippen MR) is 105 cm³/mol. The summed E-state index contributed by atoms with van der Waals surface area (Å²) in [6, 6.07) is 15.8. The topological polar surface area (TPSA) is 54.7 Å². The Kier molecular flexibility index (Phi) is 4.81. The molecular formula is C22H23FN2O3. The van der Waals surface area contributed by atoms with Crippen LogP contribution in [0.2, 0.25) is 0 Å². The average molecular weight is 382 g/mol. The minimum absolute atomic E-state index is 0.104. The van der Waals surface area contributed by atoms with E-state index in [1.807, 2.05) is 36.4 Å². The van der Waals surface area contributed by atoms with Gasteiger partial charge >= 0.3 is 0 Å². The van der Waals surface area contributed by atoms with Crippen molar-refractivity contribution in [3.05, 3.63) is 66.6 Å². The number of halogens is 1. The first-order valence-corrected chi connectivity index (χ1v) is 9.39. The zero-order valence-electron chi connectivity index (χ0n) is 15.7. The Hall–Kier alpha value is -2.86. The fraction of sp³-hybridized carbons (Fsp3) is 0.318. The number of β-amino-alcohol motifs (C(OH)–C–C–N with tert-alkyl or cyclic N) is 1. The van der Waals surface area contributed by atoms with Gasteiger partial charge in [0.25, 0.3) is 0 Å². The van der Waals surface area contributed by atoms with Gasteiger partial charge in [-0.05, 0) is 48.7 Å². The third-order valence-corrected chi connectivity index (χ3v) is 5.28. The molecule has 1 aromatic heterocycles. The molecular weight excluding hydrogens is 359 g/mol. The van der Waals surface area contributed by atoms with E-state index in [1.54, 1.807) is 28.7 Å². The second-order valence-electron chi connectivity index (χ2n) is 7.53. The maximum atomic E-state index is 13.6. The summed E-state index contributed by atoms with van der Waals surface area (Å²) in [5.41, 5.74) is -0.475. The highest BCUT2D eigenvalue weighted by atomic mass is 19.1. The number of nitrogens with zero attached hydrogens (tertiary/aromatic N) is 2. The zero-order valence-corrected chi connectivity index (χ0v) is 15.7. The van der Waals surface area contributed by atoms with Crippen LogP contribution in [0.25, 0.3) is 10.9 Å². The van der Waals surface area contributed by atoms with Gasteiger partial charge in [0.05, 0.1) is 12.1 Å². The number of fused-ring (bicyclic) bond motifs is 1. The van der Waals surface area contributed by atoms with E-state index in [0.29, 0.717) is 24.2 Å². The van der Waals surface area contributed by atoms with Gasteiger partial charge in [0.2, 0.25) is 5.91 Å². The van der Waals surface area contributed by atoms with Crippen molar-refractivity contribution in [2.75, 3.05) is 13.1 Å². The molecule has 1 amide bonds. The number of hydrogen-bond donors (Lipinski definition) is 1. The van der Waals surface area contributed by atoms with E-state index >= 15 is 0 Å². The highest BCUT2D eigenvalue weighted by Gasteiger charge is 2.41. The van der Waals surface area contributed by atoms with Crippen molar-refractivity contribution in [3.8, 4) is 5.75 Å². The van der Waals surface area contributed by atoms with E-state index in [2.05, 4.69) is 0 Å². The molecule has 0 bridgehead atoms. The van der Waals surface area contributed by atoms with Crippen molar-refractivity contribution in [2.24, 2.45) is 0 Å². The van der Waals surface area contributed by atoms with Crippen LogP contribution in [0.3, 0.4) is 0 Å². The first-order chi connectivity index (χ1) is 13.4. The maximum absolute atomic E-state index is 13.6. The molecule has 0 saturated carbocycles. The van der Waals surface area contributed by atoms with Crippen molar-refractivity contribution in [2.45, 2.75) is 31.6 Å². The number of aromatic nitrogens is 1. The fourth-order valence-corrected chi connectivity index (χ4v) is 3.75. The molecule has 1 fully saturated rings. The van der Waals surface area contributed by atoms with E-state index in [9.17, 15) is 14.3 Å². The lowest BCUT2D eigenvalue weighted by Gasteiger charge is -2.42. The van der Waals surface area contributed by atoms with Crippen molar-refractivity contribution >= 4 is 16.8 Å². The van der Waals surface area contributed by atoms with Crippen LogP contribution < -0.4 is 4.74 Å². The van der Waals surface area contributed by atoms with Crippen molar-refractivity contribution in [1.29, 1.82) is 0 Å². The Balaban J connectivity index is 1.44. The summed E-state index contributed by atoms with van der Waals surface area (Å²) in [5, 5.41) is 11.8. The molecule has 146 valence electrons. The number of rotatable bonds is 4. The molecule has 0 unspecified atom stereocenters. The lowest BCUT2D eigenvalue weighted by Crippen LogP contribution is -2.58. The molecule has 2 aromatic carbocycles. The minimum atomic E-state index is -1.16. The van der Waals surface area contributed by atoms with Crippen molar-refractivity contribution in [3.63, 3.8) is 0 Å². The van der Waals surface area contributed by atoms with Gasteiger partial charge in [-0.15, -0.1) is 0 Å². The van der Waals surface area contributed by atoms with Crippen molar-refractivity contribution < 1.29 is 19.0 Å². The van der Waals surface area contributed by atoms with Crippen LogP contribution in [0.1, 0.15) is 13.3 Å². The molecule has 0 spiro atoms. The lowest BCUT2D eigenvalue weighted by atomic mass is 9.91. The summed E-state index contributed by atoms with van der Waals surface area (Å²) in [6.07, 6.45) is 1.93. The van der Waals surface area contributed by atoms with Gasteiger partial charge in [0, 0.05) is 19.2 Å². The highest BCUT2D eigenvalue weighted by Crippen LogP contribution is 2.27. The minimum Gasteiger partial charge on any atom is -0.487 e. The average Bonchev–Trinajstić information content (AvgIpc) is 3.06. The quantitative estimate of drug-likeness (QED) is 0.754. The van der Waals surface area contributed by atoms with Crippen LogP contribution in [0.5, 0.6) is 5.75 Å². The van der Waals surface area contributed by atoms with Gasteiger partial charge in [-0.2, -0.15) is 0 Å². The second-order valence-corrected chi connectivity index (χ2v) is 7.53. The molecule has 6 heteroatoms. The number of para-hydroxylation sites is 1. The Morgan fingerprint density at radius 2 is 2.04 bits per heavy atom. The normalized spacial score (nSPS) is 22.4. The van der Waals surface area contributed by atoms with Crippen LogP contribution in [-0.4, -0.2) is 45.3 Å². The van der Waals surface area contributed by atoms with Gasteiger partial charge in [-0.1, -0.05) is 18.2 Å². The third kappa shape index (κ3) is 3.73. The van der Waals surface area contributed by atoms with Gasteiger partial charge in [-0.3, -0.25) is 4.79 Å². The number of benzene rings is 2. The van der Waals surface area contributed by atoms with E-state index < -0.39 is 5.60 Å². The Bertz CT molecular complexity index is 984. The monoisotopic (exact) mass is 382 g/mol. The second kappa shape index (κ2) is 7.28. The van der Waals surface area contributed by atoms with E-state index in [-0.39, 0.29) is 30.9 Å². The lowest BCUT2D eigenvalue weighted by molar-refractivity contribution is -0.146. The summed E-state index contributed by atoms with van der Waals surface area (Å²) in [4.78, 5) is 14.5. The molecule has 4 rings (SSSR count). The number of carbonyl (C=O) groups excluding carboxylic acids is 1. The summed E-state index contributed by atoms with van der Waals surface area (Å²) in [6.45, 7) is 2.49. The largest absolute Gasteiger partial charge is 0.487 e. The Morgan fingerprint density at radius 1 is 1.25 bits per heavy atom. The van der Waals surface area contributed by atoms with E-state index in [1.165, 1.54) is 12.1 Å².